The predicted molar refractivity (Wildman–Crippen MR) is 139 cm³/mol. The van der Waals surface area contributed by atoms with Gasteiger partial charge in [-0.2, -0.15) is 0 Å². The summed E-state index contributed by atoms with van der Waals surface area (Å²) in [6.45, 7) is 4.49. The fourth-order valence-corrected chi connectivity index (χ4v) is 6.03. The van der Waals surface area contributed by atoms with Crippen LogP contribution in [0.4, 0.5) is 16.2 Å². The zero-order valence-electron chi connectivity index (χ0n) is 21.1. The molecule has 6 rings (SSSR count). The van der Waals surface area contributed by atoms with Gasteiger partial charge in [0.15, 0.2) is 0 Å². The van der Waals surface area contributed by atoms with E-state index in [4.69, 9.17) is 9.47 Å². The van der Waals surface area contributed by atoms with E-state index in [2.05, 4.69) is 34.1 Å². The zero-order valence-corrected chi connectivity index (χ0v) is 21.1. The summed E-state index contributed by atoms with van der Waals surface area (Å²) in [5.41, 5.74) is 1.31. The number of aromatic nitrogens is 1. The molecule has 1 aliphatic carbocycles. The van der Waals surface area contributed by atoms with Crippen molar-refractivity contribution in [1.82, 2.24) is 9.47 Å². The molecule has 1 amide bonds. The third-order valence-corrected chi connectivity index (χ3v) is 8.60. The van der Waals surface area contributed by atoms with E-state index in [1.807, 2.05) is 0 Å². The topological polar surface area (TPSA) is 67.2 Å². The summed E-state index contributed by atoms with van der Waals surface area (Å²) in [7, 11) is 1.69. The van der Waals surface area contributed by atoms with Gasteiger partial charge in [0.2, 0.25) is 5.56 Å². The van der Waals surface area contributed by atoms with Crippen molar-refractivity contribution in [2.45, 2.75) is 62.7 Å². The van der Waals surface area contributed by atoms with Crippen molar-refractivity contribution in [3.63, 3.8) is 0 Å². The summed E-state index contributed by atoms with van der Waals surface area (Å²) in [6.07, 6.45) is 9.60. The number of aryl methyl sites for hydroxylation is 1. The molecule has 1 aromatic carbocycles. The van der Waals surface area contributed by atoms with Crippen LogP contribution in [-0.4, -0.2) is 66.0 Å². The molecule has 36 heavy (non-hydrogen) atoms. The van der Waals surface area contributed by atoms with Gasteiger partial charge in [0.25, 0.3) is 0 Å². The van der Waals surface area contributed by atoms with Gasteiger partial charge in [-0.25, -0.2) is 4.79 Å². The summed E-state index contributed by atoms with van der Waals surface area (Å²) < 4.78 is 13.7. The van der Waals surface area contributed by atoms with Gasteiger partial charge in [0.1, 0.15) is 17.5 Å². The van der Waals surface area contributed by atoms with Gasteiger partial charge in [-0.1, -0.05) is 6.42 Å². The van der Waals surface area contributed by atoms with Crippen LogP contribution < -0.4 is 20.1 Å². The number of amides is 1. The fourth-order valence-electron chi connectivity index (χ4n) is 6.03. The fraction of sp³-hybridized carbons (Fsp3) is 0.571. The molecule has 8 heteroatoms. The lowest BCUT2D eigenvalue weighted by Gasteiger charge is -2.41. The van der Waals surface area contributed by atoms with E-state index < -0.39 is 5.60 Å². The normalized spacial score (nSPS) is 23.1. The van der Waals surface area contributed by atoms with Crippen LogP contribution in [0, 0.1) is 0 Å². The number of anilines is 2. The Morgan fingerprint density at radius 2 is 1.58 bits per heavy atom. The van der Waals surface area contributed by atoms with Gasteiger partial charge in [0.05, 0.1) is 12.2 Å². The smallest absolute Gasteiger partial charge is 0.415 e. The Labute approximate surface area is 212 Å². The Morgan fingerprint density at radius 3 is 2.22 bits per heavy atom. The van der Waals surface area contributed by atoms with E-state index in [0.29, 0.717) is 18.3 Å². The maximum atomic E-state index is 12.7. The van der Waals surface area contributed by atoms with Crippen LogP contribution in [0.1, 0.15) is 44.9 Å². The van der Waals surface area contributed by atoms with Gasteiger partial charge in [0, 0.05) is 70.1 Å². The quantitative estimate of drug-likeness (QED) is 0.633. The van der Waals surface area contributed by atoms with Gasteiger partial charge in [-0.15, -0.1) is 0 Å². The van der Waals surface area contributed by atoms with Crippen molar-refractivity contribution in [2.24, 2.45) is 7.05 Å². The average Bonchev–Trinajstić information content (AvgIpc) is 3.17. The first-order chi connectivity index (χ1) is 17.5. The molecule has 192 valence electrons. The van der Waals surface area contributed by atoms with Crippen LogP contribution in [0.3, 0.4) is 0 Å². The minimum absolute atomic E-state index is 0.0971. The number of hydrogen-bond acceptors (Lipinski definition) is 6. The lowest BCUT2D eigenvalue weighted by molar-refractivity contribution is 0.0366. The molecular formula is C28H36N4O4. The number of ether oxygens (including phenoxy) is 2. The van der Waals surface area contributed by atoms with Crippen LogP contribution in [0.2, 0.25) is 0 Å². The second-order valence-electron chi connectivity index (χ2n) is 10.9. The van der Waals surface area contributed by atoms with Crippen molar-refractivity contribution < 1.29 is 14.3 Å². The van der Waals surface area contributed by atoms with Crippen molar-refractivity contribution in [3.8, 4) is 5.75 Å². The second-order valence-corrected chi connectivity index (χ2v) is 10.9. The highest BCUT2D eigenvalue weighted by atomic mass is 16.6. The van der Waals surface area contributed by atoms with Crippen molar-refractivity contribution in [1.29, 1.82) is 0 Å². The molecule has 3 aliphatic heterocycles. The van der Waals surface area contributed by atoms with E-state index in [-0.39, 0.29) is 11.7 Å². The molecule has 4 heterocycles. The molecule has 1 spiro atoms. The third-order valence-electron chi connectivity index (χ3n) is 8.60. The molecule has 0 unspecified atom stereocenters. The van der Waals surface area contributed by atoms with Gasteiger partial charge in [-0.05, 0) is 56.0 Å². The van der Waals surface area contributed by atoms with Gasteiger partial charge < -0.3 is 23.8 Å². The SMILES string of the molecule is Cn1cc(N2CC3(CCN(c4ccc(OC5CCN(C6CCC6)CC5)cc4)CC3)OC2=O)ccc1=O. The van der Waals surface area contributed by atoms with E-state index in [0.717, 1.165) is 63.7 Å². The molecule has 4 fully saturated rings. The number of nitrogens with zero attached hydrogens (tertiary/aromatic N) is 4. The maximum absolute atomic E-state index is 12.7. The van der Waals surface area contributed by atoms with Crippen LogP contribution in [0.25, 0.3) is 0 Å². The highest BCUT2D eigenvalue weighted by Gasteiger charge is 2.47. The summed E-state index contributed by atoms with van der Waals surface area (Å²) in [5.74, 6) is 0.951. The second kappa shape index (κ2) is 9.47. The molecule has 1 aromatic heterocycles. The Kier molecular flexibility index (Phi) is 6.15. The van der Waals surface area contributed by atoms with Crippen LogP contribution in [0.15, 0.2) is 47.4 Å². The molecule has 8 nitrogen and oxygen atoms in total. The summed E-state index contributed by atoms with van der Waals surface area (Å²) in [6, 6.07) is 12.5. The van der Waals surface area contributed by atoms with Crippen molar-refractivity contribution in [3.05, 3.63) is 52.9 Å². The number of piperidine rings is 2. The van der Waals surface area contributed by atoms with Crippen LogP contribution in [-0.2, 0) is 11.8 Å². The summed E-state index contributed by atoms with van der Waals surface area (Å²) in [4.78, 5) is 31.0. The number of hydrogen-bond donors (Lipinski definition) is 0. The molecule has 4 aliphatic rings. The van der Waals surface area contributed by atoms with Gasteiger partial charge >= 0.3 is 6.09 Å². The van der Waals surface area contributed by atoms with E-state index in [9.17, 15) is 9.59 Å². The number of rotatable bonds is 5. The monoisotopic (exact) mass is 492 g/mol. The standard InChI is InChI=1S/C28H36N4O4/c1-29-19-23(7-10-26(29)33)32-20-28(36-27(32)34)13-17-31(18-14-28)22-5-8-24(9-6-22)35-25-11-15-30(16-12-25)21-3-2-4-21/h5-10,19,21,25H,2-4,11-18,20H2,1H3. The number of pyridine rings is 1. The van der Waals surface area contributed by atoms with E-state index >= 15 is 0 Å². The maximum Gasteiger partial charge on any atom is 0.415 e. The molecule has 1 saturated carbocycles. The Morgan fingerprint density at radius 1 is 0.889 bits per heavy atom. The van der Waals surface area contributed by atoms with E-state index in [1.165, 1.54) is 35.6 Å². The first-order valence-corrected chi connectivity index (χ1v) is 13.4. The molecular weight excluding hydrogens is 456 g/mol. The number of likely N-dealkylation sites (tertiary alicyclic amines) is 1. The van der Waals surface area contributed by atoms with Crippen molar-refractivity contribution >= 4 is 17.5 Å². The van der Waals surface area contributed by atoms with Crippen molar-refractivity contribution in [2.75, 3.05) is 42.5 Å². The first kappa shape index (κ1) is 23.4. The Balaban J connectivity index is 1.02. The molecule has 0 N–H and O–H groups in total. The molecule has 0 atom stereocenters. The lowest BCUT2D eigenvalue weighted by atomic mass is 9.90. The third kappa shape index (κ3) is 4.59. The highest BCUT2D eigenvalue weighted by Crippen LogP contribution is 2.37. The summed E-state index contributed by atoms with van der Waals surface area (Å²) in [5, 5.41) is 0. The number of benzene rings is 1. The molecule has 0 radical (unpaired) electrons. The Hall–Kier alpha value is -3.00. The van der Waals surface area contributed by atoms with Crippen LogP contribution in [0.5, 0.6) is 5.75 Å². The minimum Gasteiger partial charge on any atom is -0.490 e. The zero-order chi connectivity index (χ0) is 24.7. The largest absolute Gasteiger partial charge is 0.490 e. The number of carbonyl (C=O) groups excluding carboxylic acids is 1. The minimum atomic E-state index is -0.473. The number of carbonyl (C=O) groups is 1. The Bertz CT molecular complexity index is 1140. The lowest BCUT2D eigenvalue weighted by Crippen LogP contribution is -2.47. The molecule has 2 aromatic rings. The highest BCUT2D eigenvalue weighted by molar-refractivity contribution is 5.90. The van der Waals surface area contributed by atoms with Gasteiger partial charge in [-0.3, -0.25) is 9.69 Å². The summed E-state index contributed by atoms with van der Waals surface area (Å²) >= 11 is 0. The molecule has 3 saturated heterocycles. The predicted octanol–water partition coefficient (Wildman–Crippen LogP) is 3.78. The van der Waals surface area contributed by atoms with E-state index in [1.54, 1.807) is 24.2 Å². The molecule has 0 bridgehead atoms. The van der Waals surface area contributed by atoms with Crippen LogP contribution >= 0.6 is 0 Å². The average molecular weight is 493 g/mol. The first-order valence-electron chi connectivity index (χ1n) is 13.4.